The van der Waals surface area contributed by atoms with Gasteiger partial charge in [-0.2, -0.15) is 5.10 Å². The van der Waals surface area contributed by atoms with Gasteiger partial charge in [0.2, 0.25) is 0 Å². The van der Waals surface area contributed by atoms with E-state index in [1.165, 1.54) is 5.56 Å². The van der Waals surface area contributed by atoms with E-state index in [4.69, 9.17) is 0 Å². The number of para-hydroxylation sites is 2. The van der Waals surface area contributed by atoms with Crippen LogP contribution in [0.5, 0.6) is 0 Å². The number of fused-ring (bicyclic) bond motifs is 1. The summed E-state index contributed by atoms with van der Waals surface area (Å²) in [7, 11) is 1.71. The van der Waals surface area contributed by atoms with Crippen LogP contribution in [-0.4, -0.2) is 41.6 Å². The molecule has 0 unspecified atom stereocenters. The molecule has 1 aliphatic heterocycles. The number of carbonyl (C=O) groups is 2. The van der Waals surface area contributed by atoms with Gasteiger partial charge in [-0.25, -0.2) is 0 Å². The number of anilines is 2. The Labute approximate surface area is 169 Å². The number of hydrogen-bond donors (Lipinski definition) is 3. The van der Waals surface area contributed by atoms with Crippen molar-refractivity contribution in [3.05, 3.63) is 77.1 Å². The number of aryl methyl sites for hydroxylation is 1. The van der Waals surface area contributed by atoms with E-state index in [2.05, 4.69) is 45.1 Å². The Morgan fingerprint density at radius 1 is 1.21 bits per heavy atom. The number of benzene rings is 2. The molecule has 4 rings (SSSR count). The number of nitrogens with one attached hydrogen (secondary N) is 3. The normalized spacial score (nSPS) is 16.0. The highest BCUT2D eigenvalue weighted by Gasteiger charge is 2.29. The molecule has 0 radical (unpaired) electrons. The molecule has 29 heavy (non-hydrogen) atoms. The summed E-state index contributed by atoms with van der Waals surface area (Å²) in [5.41, 5.74) is 5.09. The molecule has 0 bridgehead atoms. The van der Waals surface area contributed by atoms with Gasteiger partial charge in [-0.1, -0.05) is 42.0 Å². The van der Waals surface area contributed by atoms with Crippen LogP contribution >= 0.6 is 0 Å². The summed E-state index contributed by atoms with van der Waals surface area (Å²) in [6.45, 7) is 2.36. The second kappa shape index (κ2) is 7.79. The van der Waals surface area contributed by atoms with Gasteiger partial charge < -0.3 is 15.5 Å². The second-order valence-corrected chi connectivity index (χ2v) is 7.26. The summed E-state index contributed by atoms with van der Waals surface area (Å²) in [6, 6.07) is 16.8. The van der Waals surface area contributed by atoms with Gasteiger partial charge in [-0.15, -0.1) is 0 Å². The van der Waals surface area contributed by atoms with Crippen LogP contribution in [-0.2, 0) is 11.2 Å². The maximum atomic E-state index is 12.8. The molecule has 1 aromatic heterocycles. The number of aromatic amines is 1. The third-order valence-corrected chi connectivity index (χ3v) is 5.07. The van der Waals surface area contributed by atoms with Crippen molar-refractivity contribution in [2.75, 3.05) is 23.8 Å². The van der Waals surface area contributed by atoms with Crippen LogP contribution in [0.15, 0.2) is 54.6 Å². The van der Waals surface area contributed by atoms with E-state index in [1.807, 2.05) is 31.2 Å². The maximum Gasteiger partial charge on any atom is 0.272 e. The lowest BCUT2D eigenvalue weighted by atomic mass is 10.1. The van der Waals surface area contributed by atoms with Crippen LogP contribution in [0, 0.1) is 6.92 Å². The lowest BCUT2D eigenvalue weighted by Gasteiger charge is -2.20. The summed E-state index contributed by atoms with van der Waals surface area (Å²) in [4.78, 5) is 27.0. The smallest absolute Gasteiger partial charge is 0.272 e. The van der Waals surface area contributed by atoms with Crippen molar-refractivity contribution in [2.45, 2.75) is 19.4 Å². The van der Waals surface area contributed by atoms with E-state index < -0.39 is 6.04 Å². The monoisotopic (exact) mass is 389 g/mol. The average molecular weight is 389 g/mol. The van der Waals surface area contributed by atoms with Crippen molar-refractivity contribution in [2.24, 2.45) is 0 Å². The fourth-order valence-electron chi connectivity index (χ4n) is 3.41. The molecule has 3 N–H and O–H groups in total. The summed E-state index contributed by atoms with van der Waals surface area (Å²) in [6.07, 6.45) is 0.655. The SMILES string of the molecule is Cc1ccc(Cc2cc(C(=O)N[C@H]3CNc4ccccc4N(C)C3=O)n[nH]2)cc1. The predicted octanol–water partition coefficient (Wildman–Crippen LogP) is 2.50. The molecule has 3 aromatic rings. The van der Waals surface area contributed by atoms with Crippen molar-refractivity contribution in [1.29, 1.82) is 0 Å². The van der Waals surface area contributed by atoms with Gasteiger partial charge in [0.25, 0.3) is 11.8 Å². The molecule has 2 heterocycles. The van der Waals surface area contributed by atoms with E-state index >= 15 is 0 Å². The number of hydrogen-bond acceptors (Lipinski definition) is 4. The molecular formula is C22H23N5O2. The molecule has 7 heteroatoms. The maximum absolute atomic E-state index is 12.8. The van der Waals surface area contributed by atoms with Gasteiger partial charge in [0, 0.05) is 25.7 Å². The van der Waals surface area contributed by atoms with E-state index in [0.717, 1.165) is 22.6 Å². The Balaban J connectivity index is 1.44. The Kier molecular flexibility index (Phi) is 5.03. The van der Waals surface area contributed by atoms with E-state index in [-0.39, 0.29) is 17.5 Å². The zero-order valence-electron chi connectivity index (χ0n) is 16.4. The van der Waals surface area contributed by atoms with Gasteiger partial charge in [-0.3, -0.25) is 14.7 Å². The standard InChI is InChI=1S/C22H23N5O2/c1-14-7-9-15(10-8-14)11-16-12-18(26-25-16)21(28)24-19-13-23-17-5-3-4-6-20(17)27(2)22(19)29/h3-10,12,19,23H,11,13H2,1-2H3,(H,24,28)(H,25,26)/t19-/m0/s1. The number of rotatable bonds is 4. The first-order chi connectivity index (χ1) is 14.0. The van der Waals surface area contributed by atoms with Gasteiger partial charge in [0.1, 0.15) is 11.7 Å². The molecule has 0 saturated heterocycles. The van der Waals surface area contributed by atoms with Crippen LogP contribution in [0.4, 0.5) is 11.4 Å². The zero-order valence-corrected chi connectivity index (χ0v) is 16.4. The third-order valence-electron chi connectivity index (χ3n) is 5.07. The lowest BCUT2D eigenvalue weighted by Crippen LogP contribution is -2.49. The molecular weight excluding hydrogens is 366 g/mol. The van der Waals surface area contributed by atoms with Crippen LogP contribution in [0.2, 0.25) is 0 Å². The van der Waals surface area contributed by atoms with Crippen molar-refractivity contribution < 1.29 is 9.59 Å². The average Bonchev–Trinajstić information content (AvgIpc) is 3.16. The van der Waals surface area contributed by atoms with Crippen LogP contribution < -0.4 is 15.5 Å². The number of H-pyrrole nitrogens is 1. The van der Waals surface area contributed by atoms with Crippen molar-refractivity contribution in [3.8, 4) is 0 Å². The third kappa shape index (κ3) is 3.99. The van der Waals surface area contributed by atoms with E-state index in [1.54, 1.807) is 18.0 Å². The minimum Gasteiger partial charge on any atom is -0.381 e. The molecule has 0 fully saturated rings. The van der Waals surface area contributed by atoms with Crippen molar-refractivity contribution in [1.82, 2.24) is 15.5 Å². The Bertz CT molecular complexity index is 1040. The number of carbonyl (C=O) groups excluding carboxylic acids is 2. The highest BCUT2D eigenvalue weighted by Crippen LogP contribution is 2.27. The Hall–Kier alpha value is -3.61. The highest BCUT2D eigenvalue weighted by molar-refractivity contribution is 6.04. The Morgan fingerprint density at radius 2 is 1.97 bits per heavy atom. The van der Waals surface area contributed by atoms with Crippen LogP contribution in [0.3, 0.4) is 0 Å². The molecule has 0 saturated carbocycles. The summed E-state index contributed by atoms with van der Waals surface area (Å²) in [5.74, 6) is -0.554. The fourth-order valence-corrected chi connectivity index (χ4v) is 3.41. The van der Waals surface area contributed by atoms with E-state index in [9.17, 15) is 9.59 Å². The molecule has 1 atom stereocenters. The van der Waals surface area contributed by atoms with E-state index in [0.29, 0.717) is 13.0 Å². The molecule has 2 amide bonds. The second-order valence-electron chi connectivity index (χ2n) is 7.26. The molecule has 2 aromatic carbocycles. The van der Waals surface area contributed by atoms with Gasteiger partial charge in [0.15, 0.2) is 0 Å². The molecule has 148 valence electrons. The number of likely N-dealkylation sites (N-methyl/N-ethyl adjacent to an activating group) is 1. The zero-order chi connectivity index (χ0) is 20.4. The summed E-state index contributed by atoms with van der Waals surface area (Å²) < 4.78 is 0. The number of amides is 2. The molecule has 7 nitrogen and oxygen atoms in total. The Morgan fingerprint density at radius 3 is 2.76 bits per heavy atom. The summed E-state index contributed by atoms with van der Waals surface area (Å²) >= 11 is 0. The highest BCUT2D eigenvalue weighted by atomic mass is 16.2. The van der Waals surface area contributed by atoms with Crippen molar-refractivity contribution >= 4 is 23.2 Å². The first kappa shape index (κ1) is 18.7. The largest absolute Gasteiger partial charge is 0.381 e. The molecule has 0 aliphatic carbocycles. The summed E-state index contributed by atoms with van der Waals surface area (Å²) in [5, 5.41) is 13.1. The minimum atomic E-state index is -0.683. The van der Waals surface area contributed by atoms with Gasteiger partial charge in [-0.05, 0) is 30.7 Å². The van der Waals surface area contributed by atoms with Gasteiger partial charge in [0.05, 0.1) is 11.4 Å². The van der Waals surface area contributed by atoms with Crippen molar-refractivity contribution in [3.63, 3.8) is 0 Å². The minimum absolute atomic E-state index is 0.175. The fraction of sp³-hybridized carbons (Fsp3) is 0.227. The molecule has 1 aliphatic rings. The predicted molar refractivity (Wildman–Crippen MR) is 112 cm³/mol. The first-order valence-electron chi connectivity index (χ1n) is 9.52. The topological polar surface area (TPSA) is 90.1 Å². The first-order valence-corrected chi connectivity index (χ1v) is 9.52. The number of aromatic nitrogens is 2. The van der Waals surface area contributed by atoms with Gasteiger partial charge >= 0.3 is 0 Å². The quantitative estimate of drug-likeness (QED) is 0.640. The number of nitrogens with zero attached hydrogens (tertiary/aromatic N) is 2. The molecule has 0 spiro atoms. The van der Waals surface area contributed by atoms with Crippen LogP contribution in [0.25, 0.3) is 0 Å². The lowest BCUT2D eigenvalue weighted by molar-refractivity contribution is -0.119. The van der Waals surface area contributed by atoms with Crippen LogP contribution in [0.1, 0.15) is 27.3 Å².